The van der Waals surface area contributed by atoms with E-state index in [-0.39, 0.29) is 0 Å². The van der Waals surface area contributed by atoms with Crippen molar-refractivity contribution in [2.24, 2.45) is 5.92 Å². The molecular weight excluding hydrogens is 256 g/mol. The Kier molecular flexibility index (Phi) is 5.27. The lowest BCUT2D eigenvalue weighted by molar-refractivity contribution is 0.00492. The summed E-state index contributed by atoms with van der Waals surface area (Å²) in [6.07, 6.45) is 15.9. The highest BCUT2D eigenvalue weighted by atomic mass is 15.3. The first-order valence-electron chi connectivity index (χ1n) is 9.69. The Balaban J connectivity index is 1.70. The first-order chi connectivity index (χ1) is 10.2. The van der Waals surface area contributed by atoms with Gasteiger partial charge in [0.2, 0.25) is 0 Å². The summed E-state index contributed by atoms with van der Waals surface area (Å²) in [5, 5.41) is 4.02. The average Bonchev–Trinajstić information content (AvgIpc) is 2.51. The first kappa shape index (κ1) is 15.8. The van der Waals surface area contributed by atoms with E-state index in [0.29, 0.717) is 5.54 Å². The zero-order valence-corrected chi connectivity index (χ0v) is 14.4. The fourth-order valence-electron chi connectivity index (χ4n) is 5.15. The number of rotatable bonds is 3. The van der Waals surface area contributed by atoms with Gasteiger partial charge in [-0.2, -0.15) is 0 Å². The van der Waals surface area contributed by atoms with Crippen molar-refractivity contribution >= 4 is 0 Å². The van der Waals surface area contributed by atoms with Crippen LogP contribution in [0.15, 0.2) is 0 Å². The SMILES string of the molecule is CC(C)CC1CNC2(CCCCC2)CN1C1CCCCC1. The molecule has 2 nitrogen and oxygen atoms in total. The predicted molar refractivity (Wildman–Crippen MR) is 90.6 cm³/mol. The second kappa shape index (κ2) is 7.00. The summed E-state index contributed by atoms with van der Waals surface area (Å²) in [4.78, 5) is 2.97. The van der Waals surface area contributed by atoms with Crippen molar-refractivity contribution in [3.8, 4) is 0 Å². The van der Waals surface area contributed by atoms with E-state index >= 15 is 0 Å². The highest BCUT2D eigenvalue weighted by Gasteiger charge is 2.42. The maximum absolute atomic E-state index is 4.02. The minimum atomic E-state index is 0.475. The maximum atomic E-state index is 4.02. The van der Waals surface area contributed by atoms with E-state index in [4.69, 9.17) is 0 Å². The Bertz CT molecular complexity index is 314. The van der Waals surface area contributed by atoms with Crippen LogP contribution in [0.5, 0.6) is 0 Å². The van der Waals surface area contributed by atoms with E-state index in [1.165, 1.54) is 83.7 Å². The molecule has 0 aromatic rings. The van der Waals surface area contributed by atoms with Crippen molar-refractivity contribution in [1.82, 2.24) is 10.2 Å². The molecule has 2 aliphatic carbocycles. The largest absolute Gasteiger partial charge is 0.308 e. The van der Waals surface area contributed by atoms with Crippen LogP contribution in [0.25, 0.3) is 0 Å². The lowest BCUT2D eigenvalue weighted by Gasteiger charge is -2.53. The molecule has 21 heavy (non-hydrogen) atoms. The molecule has 3 rings (SSSR count). The van der Waals surface area contributed by atoms with Crippen LogP contribution in [0.1, 0.15) is 84.5 Å². The molecule has 1 N–H and O–H groups in total. The Morgan fingerprint density at radius 3 is 2.33 bits per heavy atom. The number of hydrogen-bond donors (Lipinski definition) is 1. The van der Waals surface area contributed by atoms with Gasteiger partial charge in [0.05, 0.1) is 0 Å². The summed E-state index contributed by atoms with van der Waals surface area (Å²) in [5.41, 5.74) is 0.475. The van der Waals surface area contributed by atoms with Gasteiger partial charge < -0.3 is 5.32 Å². The molecule has 3 aliphatic rings. The molecule has 122 valence electrons. The molecule has 0 amide bonds. The summed E-state index contributed by atoms with van der Waals surface area (Å²) < 4.78 is 0. The molecule has 2 heteroatoms. The highest BCUT2D eigenvalue weighted by molar-refractivity contribution is 5.01. The third kappa shape index (κ3) is 3.82. The molecule has 0 bridgehead atoms. The number of piperazine rings is 1. The second-order valence-electron chi connectivity index (χ2n) is 8.47. The Hall–Kier alpha value is -0.0800. The summed E-state index contributed by atoms with van der Waals surface area (Å²) in [6.45, 7) is 7.37. The maximum Gasteiger partial charge on any atom is 0.0309 e. The molecule has 3 fully saturated rings. The first-order valence-corrected chi connectivity index (χ1v) is 9.69. The van der Waals surface area contributed by atoms with Crippen molar-refractivity contribution in [3.05, 3.63) is 0 Å². The zero-order chi connectivity index (χ0) is 14.7. The number of hydrogen-bond acceptors (Lipinski definition) is 2. The van der Waals surface area contributed by atoms with Gasteiger partial charge in [-0.1, -0.05) is 52.4 Å². The number of nitrogens with zero attached hydrogens (tertiary/aromatic N) is 1. The van der Waals surface area contributed by atoms with E-state index in [1.807, 2.05) is 0 Å². The van der Waals surface area contributed by atoms with Crippen LogP contribution in [-0.4, -0.2) is 35.6 Å². The van der Waals surface area contributed by atoms with Gasteiger partial charge >= 0.3 is 0 Å². The van der Waals surface area contributed by atoms with E-state index in [9.17, 15) is 0 Å². The summed E-state index contributed by atoms with van der Waals surface area (Å²) >= 11 is 0. The molecular formula is C19H36N2. The van der Waals surface area contributed by atoms with E-state index in [1.54, 1.807) is 0 Å². The fraction of sp³-hybridized carbons (Fsp3) is 1.00. The van der Waals surface area contributed by atoms with Crippen LogP contribution in [0.2, 0.25) is 0 Å². The molecule has 1 unspecified atom stereocenters. The van der Waals surface area contributed by atoms with Gasteiger partial charge in [-0.15, -0.1) is 0 Å². The molecule has 0 aromatic carbocycles. The second-order valence-corrected chi connectivity index (χ2v) is 8.47. The summed E-state index contributed by atoms with van der Waals surface area (Å²) in [5.74, 6) is 0.822. The fourth-order valence-corrected chi connectivity index (χ4v) is 5.15. The highest BCUT2D eigenvalue weighted by Crippen LogP contribution is 2.36. The van der Waals surface area contributed by atoms with Crippen LogP contribution < -0.4 is 5.32 Å². The minimum Gasteiger partial charge on any atom is -0.308 e. The van der Waals surface area contributed by atoms with Gasteiger partial charge in [0.15, 0.2) is 0 Å². The Morgan fingerprint density at radius 1 is 1.00 bits per heavy atom. The molecule has 1 atom stereocenters. The van der Waals surface area contributed by atoms with Crippen LogP contribution in [0, 0.1) is 5.92 Å². The Morgan fingerprint density at radius 2 is 1.67 bits per heavy atom. The van der Waals surface area contributed by atoms with E-state index in [0.717, 1.165) is 18.0 Å². The normalized spacial score (nSPS) is 31.9. The molecule has 1 saturated heterocycles. The molecule has 1 aliphatic heterocycles. The average molecular weight is 293 g/mol. The van der Waals surface area contributed by atoms with Crippen molar-refractivity contribution in [2.75, 3.05) is 13.1 Å². The summed E-state index contributed by atoms with van der Waals surface area (Å²) in [7, 11) is 0. The van der Waals surface area contributed by atoms with Crippen LogP contribution in [0.4, 0.5) is 0 Å². The quantitative estimate of drug-likeness (QED) is 0.832. The van der Waals surface area contributed by atoms with Crippen LogP contribution in [-0.2, 0) is 0 Å². The zero-order valence-electron chi connectivity index (χ0n) is 14.4. The van der Waals surface area contributed by atoms with Crippen LogP contribution >= 0.6 is 0 Å². The third-order valence-corrected chi connectivity index (χ3v) is 6.26. The summed E-state index contributed by atoms with van der Waals surface area (Å²) in [6, 6.07) is 1.68. The van der Waals surface area contributed by atoms with Crippen LogP contribution in [0.3, 0.4) is 0 Å². The smallest absolute Gasteiger partial charge is 0.0309 e. The molecule has 2 saturated carbocycles. The van der Waals surface area contributed by atoms with Crippen molar-refractivity contribution in [2.45, 2.75) is 102 Å². The molecule has 0 radical (unpaired) electrons. The van der Waals surface area contributed by atoms with Crippen molar-refractivity contribution in [1.29, 1.82) is 0 Å². The van der Waals surface area contributed by atoms with Gasteiger partial charge in [0, 0.05) is 30.7 Å². The molecule has 1 heterocycles. The van der Waals surface area contributed by atoms with Gasteiger partial charge in [0.25, 0.3) is 0 Å². The van der Waals surface area contributed by atoms with Crippen molar-refractivity contribution in [3.63, 3.8) is 0 Å². The molecule has 0 aromatic heterocycles. The standard InChI is InChI=1S/C19H36N2/c1-16(2)13-18-14-20-19(11-7-4-8-12-19)15-21(18)17-9-5-3-6-10-17/h16-18,20H,3-15H2,1-2H3. The monoisotopic (exact) mass is 292 g/mol. The third-order valence-electron chi connectivity index (χ3n) is 6.26. The van der Waals surface area contributed by atoms with Gasteiger partial charge in [-0.25, -0.2) is 0 Å². The van der Waals surface area contributed by atoms with E-state index < -0.39 is 0 Å². The van der Waals surface area contributed by atoms with Crippen molar-refractivity contribution < 1.29 is 0 Å². The lowest BCUT2D eigenvalue weighted by Crippen LogP contribution is -2.67. The van der Waals surface area contributed by atoms with Gasteiger partial charge in [0.1, 0.15) is 0 Å². The van der Waals surface area contributed by atoms with Gasteiger partial charge in [-0.3, -0.25) is 4.90 Å². The Labute approximate surface area is 132 Å². The lowest BCUT2D eigenvalue weighted by atomic mass is 9.77. The number of nitrogens with one attached hydrogen (secondary N) is 1. The van der Waals surface area contributed by atoms with Gasteiger partial charge in [-0.05, 0) is 38.0 Å². The van der Waals surface area contributed by atoms with E-state index in [2.05, 4.69) is 24.1 Å². The predicted octanol–water partition coefficient (Wildman–Crippen LogP) is 4.34. The molecule has 1 spiro atoms. The minimum absolute atomic E-state index is 0.475. The topological polar surface area (TPSA) is 15.3 Å².